The van der Waals surface area contributed by atoms with Crippen molar-refractivity contribution in [3.8, 4) is 5.75 Å². The maximum absolute atomic E-state index is 12.1. The second kappa shape index (κ2) is 7.12. The van der Waals surface area contributed by atoms with E-state index in [4.69, 9.17) is 9.84 Å². The molecule has 1 aliphatic heterocycles. The highest BCUT2D eigenvalue weighted by Crippen LogP contribution is 2.35. The van der Waals surface area contributed by atoms with Gasteiger partial charge in [0.15, 0.2) is 12.4 Å². The van der Waals surface area contributed by atoms with Crippen LogP contribution >= 0.6 is 0 Å². The molecule has 8 heteroatoms. The Morgan fingerprint density at radius 2 is 1.96 bits per heavy atom. The number of fused-ring (bicyclic) bond motifs is 1. The number of carbonyl (C=O) groups is 4. The summed E-state index contributed by atoms with van der Waals surface area (Å²) in [5.41, 5.74) is 0.417. The number of aliphatic carboxylic acids is 2. The minimum Gasteiger partial charge on any atom is -0.482 e. The molecule has 24 heavy (non-hydrogen) atoms. The molecule has 1 aliphatic rings. The first-order chi connectivity index (χ1) is 11.3. The molecule has 0 saturated carbocycles. The van der Waals surface area contributed by atoms with Crippen molar-refractivity contribution in [1.29, 1.82) is 0 Å². The minimum atomic E-state index is -1.15. The van der Waals surface area contributed by atoms with Gasteiger partial charge in [-0.3, -0.25) is 19.3 Å². The Morgan fingerprint density at radius 3 is 2.54 bits per heavy atom. The first-order valence-electron chi connectivity index (χ1n) is 7.41. The van der Waals surface area contributed by atoms with Gasteiger partial charge < -0.3 is 14.9 Å². The Kier molecular flexibility index (Phi) is 5.18. The van der Waals surface area contributed by atoms with E-state index in [-0.39, 0.29) is 37.1 Å². The lowest BCUT2D eigenvalue weighted by Gasteiger charge is -2.33. The quantitative estimate of drug-likeness (QED) is 0.721. The van der Waals surface area contributed by atoms with Crippen molar-refractivity contribution in [3.05, 3.63) is 23.8 Å². The molecule has 2 N–H and O–H groups in total. The minimum absolute atomic E-state index is 0.181. The van der Waals surface area contributed by atoms with Gasteiger partial charge in [-0.05, 0) is 24.6 Å². The molecule has 1 amide bonds. The molecule has 0 bridgehead atoms. The fourth-order valence-corrected chi connectivity index (χ4v) is 2.52. The summed E-state index contributed by atoms with van der Waals surface area (Å²) in [4.78, 5) is 47.3. The molecule has 0 aliphatic carbocycles. The average Bonchev–Trinajstić information content (AvgIpc) is 2.54. The summed E-state index contributed by atoms with van der Waals surface area (Å²) in [6, 6.07) is 3.27. The van der Waals surface area contributed by atoms with Gasteiger partial charge >= 0.3 is 11.9 Å². The number of nitrogens with zero attached hydrogens (tertiary/aromatic N) is 1. The zero-order valence-electron chi connectivity index (χ0n) is 13.0. The van der Waals surface area contributed by atoms with Crippen LogP contribution in [0.4, 0.5) is 5.69 Å². The Morgan fingerprint density at radius 1 is 1.25 bits per heavy atom. The molecule has 1 atom stereocenters. The lowest BCUT2D eigenvalue weighted by Crippen LogP contribution is -2.49. The molecule has 0 fully saturated rings. The largest absolute Gasteiger partial charge is 0.482 e. The molecule has 0 spiro atoms. The summed E-state index contributed by atoms with van der Waals surface area (Å²) >= 11 is 0. The number of anilines is 1. The van der Waals surface area contributed by atoms with Crippen molar-refractivity contribution < 1.29 is 34.1 Å². The molecule has 128 valence electrons. The second-order valence-electron chi connectivity index (χ2n) is 5.31. The van der Waals surface area contributed by atoms with Crippen molar-refractivity contribution in [2.75, 3.05) is 11.5 Å². The van der Waals surface area contributed by atoms with Crippen LogP contribution in [-0.2, 0) is 14.4 Å². The fraction of sp³-hybridized carbons (Fsp3) is 0.375. The summed E-state index contributed by atoms with van der Waals surface area (Å²) < 4.78 is 5.28. The highest BCUT2D eigenvalue weighted by Gasteiger charge is 2.35. The number of carbonyl (C=O) groups excluding carboxylic acids is 2. The SMILES string of the molecule is CCC(C(=O)O)N1C(=O)COc2ccc(C(=O)CCC(=O)O)cc21. The normalized spacial score (nSPS) is 14.5. The van der Waals surface area contributed by atoms with Crippen LogP contribution in [-0.4, -0.2) is 46.5 Å². The summed E-state index contributed by atoms with van der Waals surface area (Å²) in [5.74, 6) is -2.84. The van der Waals surface area contributed by atoms with Crippen molar-refractivity contribution in [2.45, 2.75) is 32.2 Å². The predicted octanol–water partition coefficient (Wildman–Crippen LogP) is 1.32. The molecular weight excluding hydrogens is 318 g/mol. The summed E-state index contributed by atoms with van der Waals surface area (Å²) in [6.07, 6.45) is -0.293. The van der Waals surface area contributed by atoms with Crippen LogP contribution in [0.25, 0.3) is 0 Å². The molecule has 0 radical (unpaired) electrons. The number of carboxylic acid groups (broad SMARTS) is 2. The summed E-state index contributed by atoms with van der Waals surface area (Å²) in [5, 5.41) is 18.0. The number of hydrogen-bond donors (Lipinski definition) is 2. The zero-order valence-corrected chi connectivity index (χ0v) is 13.0. The Labute approximate surface area is 137 Å². The van der Waals surface area contributed by atoms with Crippen LogP contribution in [0.1, 0.15) is 36.5 Å². The number of ketones is 1. The van der Waals surface area contributed by atoms with E-state index in [1.54, 1.807) is 6.92 Å². The Balaban J connectivity index is 2.38. The molecule has 2 rings (SSSR count). The zero-order chi connectivity index (χ0) is 17.9. The molecule has 1 heterocycles. The van der Waals surface area contributed by atoms with Crippen LogP contribution in [0.3, 0.4) is 0 Å². The second-order valence-corrected chi connectivity index (χ2v) is 5.31. The van der Waals surface area contributed by atoms with Crippen molar-refractivity contribution in [2.24, 2.45) is 0 Å². The van der Waals surface area contributed by atoms with E-state index in [1.807, 2.05) is 0 Å². The Bertz CT molecular complexity index is 698. The van der Waals surface area contributed by atoms with E-state index in [2.05, 4.69) is 0 Å². The van der Waals surface area contributed by atoms with Crippen molar-refractivity contribution in [3.63, 3.8) is 0 Å². The van der Waals surface area contributed by atoms with Crippen molar-refractivity contribution in [1.82, 2.24) is 0 Å². The van der Waals surface area contributed by atoms with E-state index in [1.165, 1.54) is 18.2 Å². The van der Waals surface area contributed by atoms with Crippen LogP contribution in [0, 0.1) is 0 Å². The van der Waals surface area contributed by atoms with Gasteiger partial charge in [0.25, 0.3) is 5.91 Å². The number of Topliss-reactive ketones (excluding diaryl/α,β-unsaturated/α-hetero) is 1. The van der Waals surface area contributed by atoms with Gasteiger partial charge in [0.2, 0.25) is 0 Å². The molecule has 1 aromatic rings. The molecule has 1 aromatic carbocycles. The first-order valence-corrected chi connectivity index (χ1v) is 7.41. The van der Waals surface area contributed by atoms with Gasteiger partial charge in [0.1, 0.15) is 11.8 Å². The van der Waals surface area contributed by atoms with Gasteiger partial charge in [0, 0.05) is 12.0 Å². The number of amides is 1. The predicted molar refractivity (Wildman–Crippen MR) is 82.3 cm³/mol. The van der Waals surface area contributed by atoms with Crippen LogP contribution in [0.15, 0.2) is 18.2 Å². The standard InChI is InChI=1S/C16H17NO7/c1-2-10(16(22)23)17-11-7-9(12(18)4-6-15(20)21)3-5-13(11)24-8-14(17)19/h3,5,7,10H,2,4,6,8H2,1H3,(H,20,21)(H,22,23). The van der Waals surface area contributed by atoms with Gasteiger partial charge in [-0.2, -0.15) is 0 Å². The number of rotatable bonds is 7. The number of carboxylic acids is 2. The van der Waals surface area contributed by atoms with Gasteiger partial charge in [0.05, 0.1) is 12.1 Å². The molecule has 0 aromatic heterocycles. The van der Waals surface area contributed by atoms with E-state index >= 15 is 0 Å². The maximum atomic E-state index is 12.1. The maximum Gasteiger partial charge on any atom is 0.326 e. The molecule has 1 unspecified atom stereocenters. The Hall–Kier alpha value is -2.90. The third-order valence-corrected chi connectivity index (χ3v) is 3.71. The third kappa shape index (κ3) is 3.53. The molecular formula is C16H17NO7. The van der Waals surface area contributed by atoms with Crippen LogP contribution in [0.2, 0.25) is 0 Å². The van der Waals surface area contributed by atoms with E-state index < -0.39 is 29.7 Å². The summed E-state index contributed by atoms with van der Waals surface area (Å²) in [6.45, 7) is 1.37. The average molecular weight is 335 g/mol. The molecule has 0 saturated heterocycles. The van der Waals surface area contributed by atoms with Crippen LogP contribution in [0.5, 0.6) is 5.75 Å². The lowest BCUT2D eigenvalue weighted by molar-refractivity contribution is -0.140. The van der Waals surface area contributed by atoms with Gasteiger partial charge in [-0.15, -0.1) is 0 Å². The van der Waals surface area contributed by atoms with Gasteiger partial charge in [-0.1, -0.05) is 6.92 Å². The van der Waals surface area contributed by atoms with E-state index in [0.29, 0.717) is 5.75 Å². The number of benzene rings is 1. The molecule has 8 nitrogen and oxygen atoms in total. The monoisotopic (exact) mass is 335 g/mol. The highest BCUT2D eigenvalue weighted by atomic mass is 16.5. The summed E-state index contributed by atoms with van der Waals surface area (Å²) in [7, 11) is 0. The number of hydrogen-bond acceptors (Lipinski definition) is 5. The van der Waals surface area contributed by atoms with E-state index in [9.17, 15) is 24.3 Å². The van der Waals surface area contributed by atoms with Crippen molar-refractivity contribution >= 4 is 29.3 Å². The lowest BCUT2D eigenvalue weighted by atomic mass is 10.0. The fourth-order valence-electron chi connectivity index (χ4n) is 2.52. The third-order valence-electron chi connectivity index (χ3n) is 3.71. The number of ether oxygens (including phenoxy) is 1. The van der Waals surface area contributed by atoms with Gasteiger partial charge in [-0.25, -0.2) is 4.79 Å². The van der Waals surface area contributed by atoms with E-state index in [0.717, 1.165) is 4.90 Å². The highest BCUT2D eigenvalue weighted by molar-refractivity contribution is 6.05. The smallest absolute Gasteiger partial charge is 0.326 e. The topological polar surface area (TPSA) is 121 Å². The first kappa shape index (κ1) is 17.5. The van der Waals surface area contributed by atoms with Crippen LogP contribution < -0.4 is 9.64 Å².